The Morgan fingerprint density at radius 3 is 2.78 bits per heavy atom. The lowest BCUT2D eigenvalue weighted by Crippen LogP contribution is -2.46. The summed E-state index contributed by atoms with van der Waals surface area (Å²) in [4.78, 5) is 23.5. The Kier molecular flexibility index (Phi) is 5.53. The molecule has 0 bridgehead atoms. The van der Waals surface area contributed by atoms with Gasteiger partial charge in [-0.3, -0.25) is 4.79 Å². The van der Waals surface area contributed by atoms with Gasteiger partial charge in [0.25, 0.3) is 5.91 Å². The van der Waals surface area contributed by atoms with Crippen molar-refractivity contribution in [2.45, 2.75) is 38.1 Å². The van der Waals surface area contributed by atoms with Gasteiger partial charge in [-0.15, -0.1) is 0 Å². The van der Waals surface area contributed by atoms with E-state index in [-0.39, 0.29) is 6.61 Å². The minimum atomic E-state index is -0.791. The van der Waals surface area contributed by atoms with Crippen LogP contribution in [0.25, 0.3) is 6.08 Å². The molecule has 0 spiro atoms. The minimum Gasteiger partial charge on any atom is -0.452 e. The number of hydrogen-bond donors (Lipinski definition) is 1. The molecular formula is C18H20N2O3. The molecule has 5 heteroatoms. The lowest BCUT2D eigenvalue weighted by atomic mass is 10.00. The van der Waals surface area contributed by atoms with Crippen molar-refractivity contribution >= 4 is 18.0 Å². The van der Waals surface area contributed by atoms with Gasteiger partial charge in [-0.1, -0.05) is 29.8 Å². The number of benzene rings is 1. The van der Waals surface area contributed by atoms with E-state index in [4.69, 9.17) is 4.74 Å². The van der Waals surface area contributed by atoms with Gasteiger partial charge >= 0.3 is 5.97 Å². The van der Waals surface area contributed by atoms with Crippen molar-refractivity contribution in [3.05, 3.63) is 41.5 Å². The summed E-state index contributed by atoms with van der Waals surface area (Å²) in [5.41, 5.74) is 1.19. The molecule has 0 aromatic heterocycles. The Hall–Kier alpha value is -2.61. The SMILES string of the molecule is Cc1cccc(/C=C/C(=O)OCC(=O)NC2(C#N)CCCC2)c1. The van der Waals surface area contributed by atoms with Crippen LogP contribution in [0.5, 0.6) is 0 Å². The number of nitrogens with one attached hydrogen (secondary N) is 1. The van der Waals surface area contributed by atoms with Gasteiger partial charge in [0.05, 0.1) is 6.07 Å². The second kappa shape index (κ2) is 7.59. The highest BCUT2D eigenvalue weighted by molar-refractivity contribution is 5.89. The first-order valence-electron chi connectivity index (χ1n) is 7.67. The summed E-state index contributed by atoms with van der Waals surface area (Å²) < 4.78 is 4.91. The molecule has 0 aliphatic heterocycles. The molecule has 1 fully saturated rings. The van der Waals surface area contributed by atoms with Crippen molar-refractivity contribution in [3.63, 3.8) is 0 Å². The van der Waals surface area contributed by atoms with Crippen LogP contribution in [0.3, 0.4) is 0 Å². The maximum absolute atomic E-state index is 11.8. The average Bonchev–Trinajstić information content (AvgIpc) is 3.00. The fraction of sp³-hybridized carbons (Fsp3) is 0.389. The highest BCUT2D eigenvalue weighted by atomic mass is 16.5. The minimum absolute atomic E-state index is 0.375. The van der Waals surface area contributed by atoms with E-state index in [0.717, 1.165) is 24.0 Å². The zero-order valence-electron chi connectivity index (χ0n) is 13.2. The van der Waals surface area contributed by atoms with E-state index in [0.29, 0.717) is 12.8 Å². The molecule has 1 aliphatic carbocycles. The Balaban J connectivity index is 1.80. The third-order valence-corrected chi connectivity index (χ3v) is 3.85. The van der Waals surface area contributed by atoms with E-state index in [9.17, 15) is 14.9 Å². The summed E-state index contributed by atoms with van der Waals surface area (Å²) in [5, 5.41) is 11.9. The predicted molar refractivity (Wildman–Crippen MR) is 86.1 cm³/mol. The Morgan fingerprint density at radius 2 is 2.13 bits per heavy atom. The first-order valence-corrected chi connectivity index (χ1v) is 7.67. The van der Waals surface area contributed by atoms with Crippen LogP contribution in [-0.2, 0) is 14.3 Å². The molecular weight excluding hydrogens is 292 g/mol. The molecule has 23 heavy (non-hydrogen) atoms. The third-order valence-electron chi connectivity index (χ3n) is 3.85. The van der Waals surface area contributed by atoms with E-state index in [1.165, 1.54) is 6.08 Å². The fourth-order valence-electron chi connectivity index (χ4n) is 2.67. The predicted octanol–water partition coefficient (Wildman–Crippen LogP) is 2.50. The van der Waals surface area contributed by atoms with Crippen LogP contribution >= 0.6 is 0 Å². The Labute approximate surface area is 135 Å². The monoisotopic (exact) mass is 312 g/mol. The summed E-state index contributed by atoms with van der Waals surface area (Å²) in [7, 11) is 0. The zero-order valence-corrected chi connectivity index (χ0v) is 13.2. The molecule has 0 atom stereocenters. The van der Waals surface area contributed by atoms with Crippen molar-refractivity contribution in [1.29, 1.82) is 5.26 Å². The number of nitrogens with zero attached hydrogens (tertiary/aromatic N) is 1. The smallest absolute Gasteiger partial charge is 0.331 e. The van der Waals surface area contributed by atoms with Crippen LogP contribution in [0, 0.1) is 18.3 Å². The van der Waals surface area contributed by atoms with Crippen molar-refractivity contribution in [1.82, 2.24) is 5.32 Å². The molecule has 0 unspecified atom stereocenters. The van der Waals surface area contributed by atoms with Gasteiger partial charge in [-0.2, -0.15) is 5.26 Å². The number of hydrogen-bond acceptors (Lipinski definition) is 4. The molecule has 1 amide bonds. The van der Waals surface area contributed by atoms with Gasteiger partial charge in [-0.05, 0) is 44.2 Å². The van der Waals surface area contributed by atoms with Crippen LogP contribution in [0.1, 0.15) is 36.8 Å². The summed E-state index contributed by atoms with van der Waals surface area (Å²) >= 11 is 0. The van der Waals surface area contributed by atoms with Crippen LogP contribution < -0.4 is 5.32 Å². The molecule has 0 radical (unpaired) electrons. The normalized spacial score (nSPS) is 16.0. The second-order valence-electron chi connectivity index (χ2n) is 5.80. The Morgan fingerprint density at radius 1 is 1.39 bits per heavy atom. The number of esters is 1. The van der Waals surface area contributed by atoms with Gasteiger partial charge < -0.3 is 10.1 Å². The topological polar surface area (TPSA) is 79.2 Å². The van der Waals surface area contributed by atoms with Crippen molar-refractivity contribution < 1.29 is 14.3 Å². The van der Waals surface area contributed by atoms with E-state index in [1.807, 2.05) is 31.2 Å². The van der Waals surface area contributed by atoms with Gasteiger partial charge in [-0.25, -0.2) is 4.79 Å². The van der Waals surface area contributed by atoms with E-state index in [2.05, 4.69) is 11.4 Å². The third kappa shape index (κ3) is 4.96. The molecule has 0 saturated heterocycles. The van der Waals surface area contributed by atoms with E-state index in [1.54, 1.807) is 6.08 Å². The first-order chi connectivity index (χ1) is 11.0. The molecule has 1 saturated carbocycles. The molecule has 5 nitrogen and oxygen atoms in total. The van der Waals surface area contributed by atoms with E-state index >= 15 is 0 Å². The molecule has 120 valence electrons. The van der Waals surface area contributed by atoms with Gasteiger partial charge in [0, 0.05) is 6.08 Å². The summed E-state index contributed by atoms with van der Waals surface area (Å²) in [6.45, 7) is 1.59. The summed E-state index contributed by atoms with van der Waals surface area (Å²) in [6, 6.07) is 9.84. The largest absolute Gasteiger partial charge is 0.452 e. The number of aryl methyl sites for hydroxylation is 1. The average molecular weight is 312 g/mol. The lowest BCUT2D eigenvalue weighted by Gasteiger charge is -2.21. The number of amides is 1. The van der Waals surface area contributed by atoms with Crippen molar-refractivity contribution in [3.8, 4) is 6.07 Å². The summed E-state index contributed by atoms with van der Waals surface area (Å²) in [6.07, 6.45) is 6.07. The maximum Gasteiger partial charge on any atom is 0.331 e. The first kappa shape index (κ1) is 16.8. The standard InChI is InChI=1S/C18H20N2O3/c1-14-5-4-6-15(11-14)7-8-17(22)23-12-16(21)20-18(13-19)9-2-3-10-18/h4-8,11H,2-3,9-10,12H2,1H3,(H,20,21)/b8-7+. The van der Waals surface area contributed by atoms with Gasteiger partial charge in [0.15, 0.2) is 6.61 Å². The number of rotatable bonds is 5. The second-order valence-corrected chi connectivity index (χ2v) is 5.80. The lowest BCUT2D eigenvalue weighted by molar-refractivity contribution is -0.144. The molecule has 0 heterocycles. The zero-order chi connectivity index (χ0) is 16.7. The van der Waals surface area contributed by atoms with Crippen LogP contribution in [0.4, 0.5) is 0 Å². The number of carbonyl (C=O) groups is 2. The van der Waals surface area contributed by atoms with E-state index < -0.39 is 17.4 Å². The molecule has 1 N–H and O–H groups in total. The van der Waals surface area contributed by atoms with Crippen LogP contribution in [0.15, 0.2) is 30.3 Å². The fourth-order valence-corrected chi connectivity index (χ4v) is 2.67. The molecule has 1 aromatic carbocycles. The van der Waals surface area contributed by atoms with Crippen molar-refractivity contribution in [2.75, 3.05) is 6.61 Å². The van der Waals surface area contributed by atoms with Gasteiger partial charge in [0.1, 0.15) is 5.54 Å². The molecule has 1 aromatic rings. The molecule has 1 aliphatic rings. The molecule has 2 rings (SSSR count). The number of ether oxygens (including phenoxy) is 1. The number of carbonyl (C=O) groups excluding carboxylic acids is 2. The Bertz CT molecular complexity index is 652. The maximum atomic E-state index is 11.8. The van der Waals surface area contributed by atoms with Crippen molar-refractivity contribution in [2.24, 2.45) is 0 Å². The highest BCUT2D eigenvalue weighted by Gasteiger charge is 2.35. The summed E-state index contributed by atoms with van der Waals surface area (Å²) in [5.74, 6) is -1.02. The van der Waals surface area contributed by atoms with Crippen LogP contribution in [-0.4, -0.2) is 24.0 Å². The number of nitriles is 1. The van der Waals surface area contributed by atoms with Gasteiger partial charge in [0.2, 0.25) is 0 Å². The quantitative estimate of drug-likeness (QED) is 0.669. The highest BCUT2D eigenvalue weighted by Crippen LogP contribution is 2.28. The van der Waals surface area contributed by atoms with Crippen LogP contribution in [0.2, 0.25) is 0 Å².